The molecule has 1 aliphatic carbocycles. The number of fused-ring (bicyclic) bond motifs is 6. The average Bonchev–Trinajstić information content (AvgIpc) is 3.65. The maximum atomic E-state index is 9.43. The van der Waals surface area contributed by atoms with Crippen LogP contribution in [-0.4, -0.2) is 9.55 Å². The predicted molar refractivity (Wildman–Crippen MR) is 185 cm³/mol. The highest BCUT2D eigenvalue weighted by Crippen LogP contribution is 2.51. The summed E-state index contributed by atoms with van der Waals surface area (Å²) in [5.74, 6) is 0.301. The Kier molecular flexibility index (Phi) is 3.84. The quantitative estimate of drug-likeness (QED) is 0.193. The molecule has 0 atom stereocenters. The van der Waals surface area contributed by atoms with Gasteiger partial charge in [-0.15, -0.1) is 0 Å². The molecule has 0 amide bonds. The third-order valence-corrected chi connectivity index (χ3v) is 9.05. The van der Waals surface area contributed by atoms with Crippen LogP contribution in [0.1, 0.15) is 35.9 Å². The number of benzene rings is 7. The molecule has 0 unspecified atom stereocenters. The zero-order chi connectivity index (χ0) is 36.4. The van der Waals surface area contributed by atoms with E-state index in [9.17, 15) is 5.48 Å². The van der Waals surface area contributed by atoms with Crippen LogP contribution in [0.25, 0.3) is 71.9 Å². The summed E-state index contributed by atoms with van der Waals surface area (Å²) >= 11 is 0. The summed E-state index contributed by atoms with van der Waals surface area (Å²) in [5, 5.41) is 0.597. The second-order valence-electron chi connectivity index (χ2n) is 11.8. The fraction of sp³-hybridized carbons (Fsp3) is 0.0714. The number of hydrogen-bond donors (Lipinski definition) is 0. The van der Waals surface area contributed by atoms with E-state index in [4.69, 9.17) is 10.5 Å². The van der Waals surface area contributed by atoms with E-state index >= 15 is 0 Å². The lowest BCUT2D eigenvalue weighted by Crippen LogP contribution is -2.14. The summed E-state index contributed by atoms with van der Waals surface area (Å²) in [5.41, 5.74) is 7.16. The van der Waals surface area contributed by atoms with E-state index in [2.05, 4.69) is 26.0 Å². The standard InChI is InChI=1S/C42H30N2/c1-42(2)35-21-11-10-16-29(35)30-25-24-27(26-36(30)42)39-31-17-6-8-19-33(31)40(34-20-9-7-18-32(34)39)41-43-37-22-12-13-23-38(37)44(41)28-14-4-3-5-15-28/h3-26H,1-2H3/i6D,7D,8D,9D,17D,18D,19D,20D. The number of aromatic nitrogens is 2. The molecule has 0 saturated heterocycles. The first kappa shape index (κ1) is 18.3. The fourth-order valence-electron chi connectivity index (χ4n) is 7.03. The first-order valence-electron chi connectivity index (χ1n) is 18.7. The van der Waals surface area contributed by atoms with Crippen LogP contribution < -0.4 is 0 Å². The minimum absolute atomic E-state index is 0.133. The number of para-hydroxylation sites is 3. The Balaban J connectivity index is 1.54. The second kappa shape index (κ2) is 9.26. The van der Waals surface area contributed by atoms with E-state index in [0.717, 1.165) is 33.5 Å². The molecule has 0 radical (unpaired) electrons. The molecule has 7 aromatic carbocycles. The van der Waals surface area contributed by atoms with Gasteiger partial charge in [0, 0.05) is 16.7 Å². The molecule has 0 spiro atoms. The Morgan fingerprint density at radius 3 is 1.91 bits per heavy atom. The van der Waals surface area contributed by atoms with Gasteiger partial charge in [0.15, 0.2) is 0 Å². The summed E-state index contributed by atoms with van der Waals surface area (Å²) in [7, 11) is 0. The first-order chi connectivity index (χ1) is 24.9. The highest BCUT2D eigenvalue weighted by molar-refractivity contribution is 6.21. The zero-order valence-electron chi connectivity index (χ0n) is 32.1. The smallest absolute Gasteiger partial charge is 0.146 e. The minimum atomic E-state index is -0.446. The molecule has 9 rings (SSSR count). The van der Waals surface area contributed by atoms with Gasteiger partial charge in [0.2, 0.25) is 0 Å². The van der Waals surface area contributed by atoms with Crippen molar-refractivity contribution in [2.24, 2.45) is 0 Å². The van der Waals surface area contributed by atoms with Gasteiger partial charge in [-0.05, 0) is 85.3 Å². The lowest BCUT2D eigenvalue weighted by Gasteiger charge is -2.23. The second-order valence-corrected chi connectivity index (χ2v) is 11.8. The maximum Gasteiger partial charge on any atom is 0.146 e. The van der Waals surface area contributed by atoms with Crippen LogP contribution in [0.3, 0.4) is 0 Å². The fourth-order valence-corrected chi connectivity index (χ4v) is 7.03. The highest BCUT2D eigenvalue weighted by Gasteiger charge is 2.35. The minimum Gasteiger partial charge on any atom is -0.292 e. The molecule has 2 nitrogen and oxygen atoms in total. The summed E-state index contributed by atoms with van der Waals surface area (Å²) in [4.78, 5) is 5.05. The van der Waals surface area contributed by atoms with Crippen molar-refractivity contribution in [3.8, 4) is 39.3 Å². The van der Waals surface area contributed by atoms with Crippen LogP contribution >= 0.6 is 0 Å². The molecule has 1 aliphatic rings. The van der Waals surface area contributed by atoms with Crippen LogP contribution in [0.2, 0.25) is 0 Å². The molecule has 0 N–H and O–H groups in total. The number of rotatable bonds is 3. The summed E-state index contributed by atoms with van der Waals surface area (Å²) in [6, 6.07) is 28.2. The molecule has 1 heterocycles. The van der Waals surface area contributed by atoms with E-state index in [0.29, 0.717) is 22.5 Å². The molecule has 2 heteroatoms. The van der Waals surface area contributed by atoms with Gasteiger partial charge in [0.05, 0.1) is 22.0 Å². The van der Waals surface area contributed by atoms with Gasteiger partial charge < -0.3 is 0 Å². The van der Waals surface area contributed by atoms with Crippen LogP contribution in [-0.2, 0) is 5.41 Å². The first-order valence-corrected chi connectivity index (χ1v) is 14.7. The Morgan fingerprint density at radius 2 is 1.18 bits per heavy atom. The maximum absolute atomic E-state index is 9.43. The highest BCUT2D eigenvalue weighted by atomic mass is 15.1. The third-order valence-electron chi connectivity index (χ3n) is 9.05. The van der Waals surface area contributed by atoms with Crippen molar-refractivity contribution in [1.29, 1.82) is 0 Å². The van der Waals surface area contributed by atoms with Crippen molar-refractivity contribution in [1.82, 2.24) is 9.55 Å². The molecule has 8 aromatic rings. The molecule has 208 valence electrons. The largest absolute Gasteiger partial charge is 0.292 e. The number of hydrogen-bond acceptors (Lipinski definition) is 1. The molecule has 0 aliphatic heterocycles. The summed E-state index contributed by atoms with van der Waals surface area (Å²) in [6.07, 6.45) is 0. The lowest BCUT2D eigenvalue weighted by atomic mass is 9.80. The molecule has 44 heavy (non-hydrogen) atoms. The van der Waals surface area contributed by atoms with Crippen molar-refractivity contribution in [2.45, 2.75) is 19.3 Å². The van der Waals surface area contributed by atoms with Gasteiger partial charge in [-0.25, -0.2) is 4.98 Å². The normalized spacial score (nSPS) is 16.0. The van der Waals surface area contributed by atoms with Gasteiger partial charge in [-0.1, -0.05) is 129 Å². The van der Waals surface area contributed by atoms with Gasteiger partial charge >= 0.3 is 0 Å². The molecule has 0 bridgehead atoms. The van der Waals surface area contributed by atoms with Crippen molar-refractivity contribution < 1.29 is 11.0 Å². The summed E-state index contributed by atoms with van der Waals surface area (Å²) < 4.78 is 75.0. The zero-order valence-corrected chi connectivity index (χ0v) is 24.1. The Hall–Kier alpha value is -5.47. The lowest BCUT2D eigenvalue weighted by molar-refractivity contribution is 0.660. The molecular formula is C42H30N2. The van der Waals surface area contributed by atoms with Gasteiger partial charge in [-0.2, -0.15) is 0 Å². The Labute approximate surface area is 268 Å². The van der Waals surface area contributed by atoms with Crippen molar-refractivity contribution in [3.05, 3.63) is 157 Å². The van der Waals surface area contributed by atoms with Crippen LogP contribution in [0, 0.1) is 0 Å². The third kappa shape index (κ3) is 3.46. The average molecular weight is 571 g/mol. The molecule has 0 fully saturated rings. The topological polar surface area (TPSA) is 17.8 Å². The Bertz CT molecular complexity index is 2780. The monoisotopic (exact) mass is 570 g/mol. The number of imidazole rings is 1. The predicted octanol–water partition coefficient (Wildman–Crippen LogP) is 11.0. The molecular weight excluding hydrogens is 532 g/mol. The Morgan fingerprint density at radius 1 is 0.591 bits per heavy atom. The SMILES string of the molecule is [2H]c1c([2H])c([2H])c2c(-c3nc4ccccc4n3-c3ccccc3)c3c([2H])c([2H])c([2H])c([2H])c3c(-c3ccc4c(c3)C(C)(C)c3ccccc3-4)c2c1[2H]. The van der Waals surface area contributed by atoms with E-state index in [1.165, 1.54) is 0 Å². The van der Waals surface area contributed by atoms with Crippen LogP contribution in [0.5, 0.6) is 0 Å². The van der Waals surface area contributed by atoms with Crippen LogP contribution in [0.4, 0.5) is 0 Å². The van der Waals surface area contributed by atoms with Gasteiger partial charge in [0.1, 0.15) is 5.82 Å². The van der Waals surface area contributed by atoms with Crippen molar-refractivity contribution in [2.75, 3.05) is 0 Å². The molecule has 0 saturated carbocycles. The number of nitrogens with zero attached hydrogens (tertiary/aromatic N) is 2. The van der Waals surface area contributed by atoms with Crippen molar-refractivity contribution in [3.63, 3.8) is 0 Å². The van der Waals surface area contributed by atoms with E-state index in [1.807, 2.05) is 89.5 Å². The van der Waals surface area contributed by atoms with Crippen molar-refractivity contribution >= 4 is 32.6 Å². The van der Waals surface area contributed by atoms with Gasteiger partial charge in [0.25, 0.3) is 0 Å². The van der Waals surface area contributed by atoms with Gasteiger partial charge in [-0.3, -0.25) is 4.57 Å². The summed E-state index contributed by atoms with van der Waals surface area (Å²) in [6.45, 7) is 4.29. The van der Waals surface area contributed by atoms with Crippen LogP contribution in [0.15, 0.2) is 145 Å². The van der Waals surface area contributed by atoms with E-state index < -0.39 is 29.6 Å². The van der Waals surface area contributed by atoms with E-state index in [-0.39, 0.29) is 51.3 Å². The van der Waals surface area contributed by atoms with E-state index in [1.54, 1.807) is 0 Å². The molecule has 1 aromatic heterocycles.